The van der Waals surface area contributed by atoms with E-state index in [2.05, 4.69) is 4.98 Å². The lowest BCUT2D eigenvalue weighted by molar-refractivity contribution is 0.447. The third kappa shape index (κ3) is 2.28. The molecular weight excluding hydrogens is 279 g/mol. The fraction of sp³-hybridized carbons (Fsp3) is 0.400. The Morgan fingerprint density at radius 3 is 2.24 bits per heavy atom. The first-order valence-corrected chi connectivity index (χ1v) is 6.92. The first kappa shape index (κ1) is 14.0. The van der Waals surface area contributed by atoms with Crippen molar-refractivity contribution in [2.75, 3.05) is 5.73 Å². The molecule has 0 radical (unpaired) electrons. The molecule has 1 fully saturated rings. The van der Waals surface area contributed by atoms with Crippen molar-refractivity contribution < 1.29 is 13.2 Å². The fourth-order valence-electron chi connectivity index (χ4n) is 2.49. The zero-order chi connectivity index (χ0) is 15.3. The van der Waals surface area contributed by atoms with Crippen LogP contribution in [0.15, 0.2) is 12.1 Å². The van der Waals surface area contributed by atoms with Crippen molar-refractivity contribution in [2.24, 2.45) is 0 Å². The number of hydrogen-bond acceptors (Lipinski definition) is 2. The lowest BCUT2D eigenvalue weighted by Gasteiger charge is -2.10. The largest absolute Gasteiger partial charge is 0.383 e. The molecular formula is C15H16F3N3. The topological polar surface area (TPSA) is 43.8 Å². The smallest absolute Gasteiger partial charge is 0.194 e. The van der Waals surface area contributed by atoms with Gasteiger partial charge in [-0.25, -0.2) is 18.2 Å². The van der Waals surface area contributed by atoms with Crippen molar-refractivity contribution in [2.45, 2.75) is 38.6 Å². The molecule has 1 aromatic heterocycles. The maximum atomic E-state index is 13.4. The monoisotopic (exact) mass is 295 g/mol. The molecule has 3 rings (SSSR count). The number of anilines is 1. The summed E-state index contributed by atoms with van der Waals surface area (Å²) in [4.78, 5) is 4.43. The van der Waals surface area contributed by atoms with E-state index in [-0.39, 0.29) is 11.5 Å². The van der Waals surface area contributed by atoms with Gasteiger partial charge < -0.3 is 10.3 Å². The SMILES string of the molecule is CC(C)c1nc(-c2cc(F)c(F)c(F)c2)c(N)n1C1CC1. The Morgan fingerprint density at radius 1 is 1.19 bits per heavy atom. The Kier molecular flexibility index (Phi) is 3.19. The molecule has 1 aliphatic rings. The Bertz CT molecular complexity index is 679. The summed E-state index contributed by atoms with van der Waals surface area (Å²) in [6.07, 6.45) is 2.04. The van der Waals surface area contributed by atoms with Gasteiger partial charge in [0.2, 0.25) is 0 Å². The van der Waals surface area contributed by atoms with Crippen LogP contribution in [-0.2, 0) is 0 Å². The number of nitrogen functional groups attached to an aromatic ring is 1. The number of rotatable bonds is 3. The van der Waals surface area contributed by atoms with Gasteiger partial charge in [-0.15, -0.1) is 0 Å². The van der Waals surface area contributed by atoms with Crippen molar-refractivity contribution in [3.05, 3.63) is 35.4 Å². The van der Waals surface area contributed by atoms with Gasteiger partial charge in [0.25, 0.3) is 0 Å². The third-order valence-corrected chi connectivity index (χ3v) is 3.66. The van der Waals surface area contributed by atoms with Crippen molar-refractivity contribution in [3.63, 3.8) is 0 Å². The summed E-state index contributed by atoms with van der Waals surface area (Å²) in [5, 5.41) is 0. The van der Waals surface area contributed by atoms with E-state index in [0.717, 1.165) is 30.8 Å². The highest BCUT2D eigenvalue weighted by atomic mass is 19.2. The van der Waals surface area contributed by atoms with E-state index < -0.39 is 17.5 Å². The quantitative estimate of drug-likeness (QED) is 0.870. The lowest BCUT2D eigenvalue weighted by atomic mass is 10.1. The Balaban J connectivity index is 2.17. The van der Waals surface area contributed by atoms with Gasteiger partial charge in [0.15, 0.2) is 17.5 Å². The van der Waals surface area contributed by atoms with Gasteiger partial charge in [0.1, 0.15) is 17.3 Å². The number of aromatic nitrogens is 2. The number of nitrogens with two attached hydrogens (primary N) is 1. The molecule has 0 spiro atoms. The van der Waals surface area contributed by atoms with Crippen LogP contribution in [-0.4, -0.2) is 9.55 Å². The van der Waals surface area contributed by atoms with Crippen LogP contribution < -0.4 is 5.73 Å². The van der Waals surface area contributed by atoms with E-state index in [1.54, 1.807) is 0 Å². The minimum absolute atomic E-state index is 0.136. The van der Waals surface area contributed by atoms with Crippen LogP contribution in [0, 0.1) is 17.5 Å². The molecule has 1 aliphatic carbocycles. The van der Waals surface area contributed by atoms with Crippen molar-refractivity contribution in [3.8, 4) is 11.3 Å². The molecule has 2 aromatic rings. The molecule has 0 amide bonds. The molecule has 0 bridgehead atoms. The minimum Gasteiger partial charge on any atom is -0.383 e. The molecule has 2 N–H and O–H groups in total. The summed E-state index contributed by atoms with van der Waals surface area (Å²) >= 11 is 0. The van der Waals surface area contributed by atoms with Gasteiger partial charge in [0.05, 0.1) is 0 Å². The van der Waals surface area contributed by atoms with Crippen LogP contribution in [0.2, 0.25) is 0 Å². The van der Waals surface area contributed by atoms with Crippen LogP contribution in [0.4, 0.5) is 19.0 Å². The summed E-state index contributed by atoms with van der Waals surface area (Å²) in [6, 6.07) is 2.16. The van der Waals surface area contributed by atoms with E-state index in [1.165, 1.54) is 0 Å². The highest BCUT2D eigenvalue weighted by Crippen LogP contribution is 2.42. The number of hydrogen-bond donors (Lipinski definition) is 1. The lowest BCUT2D eigenvalue weighted by Crippen LogP contribution is -2.06. The first-order valence-electron chi connectivity index (χ1n) is 6.92. The van der Waals surface area contributed by atoms with Crippen molar-refractivity contribution >= 4 is 5.82 Å². The molecule has 0 aliphatic heterocycles. The molecule has 0 saturated heterocycles. The van der Waals surface area contributed by atoms with Gasteiger partial charge in [-0.05, 0) is 25.0 Å². The Labute approximate surface area is 120 Å². The second-order valence-corrected chi connectivity index (χ2v) is 5.71. The van der Waals surface area contributed by atoms with Crippen LogP contribution in [0.5, 0.6) is 0 Å². The maximum Gasteiger partial charge on any atom is 0.194 e. The van der Waals surface area contributed by atoms with Crippen LogP contribution >= 0.6 is 0 Å². The zero-order valence-electron chi connectivity index (χ0n) is 11.8. The number of halogens is 3. The second-order valence-electron chi connectivity index (χ2n) is 5.71. The summed E-state index contributed by atoms with van der Waals surface area (Å²) in [5.41, 5.74) is 6.58. The Hall–Kier alpha value is -1.98. The van der Waals surface area contributed by atoms with Crippen LogP contribution in [0.25, 0.3) is 11.3 Å². The summed E-state index contributed by atoms with van der Waals surface area (Å²) in [7, 11) is 0. The van der Waals surface area contributed by atoms with E-state index in [0.29, 0.717) is 17.6 Å². The van der Waals surface area contributed by atoms with E-state index in [1.807, 2.05) is 18.4 Å². The average molecular weight is 295 g/mol. The normalized spacial score (nSPS) is 15.0. The molecule has 112 valence electrons. The number of benzene rings is 1. The van der Waals surface area contributed by atoms with E-state index >= 15 is 0 Å². The standard InChI is InChI=1S/C15H16F3N3/c1-7(2)15-20-13(14(19)21(15)9-3-4-9)8-5-10(16)12(18)11(17)6-8/h5-7,9H,3-4,19H2,1-2H3. The van der Waals surface area contributed by atoms with E-state index in [4.69, 9.17) is 5.73 Å². The third-order valence-electron chi connectivity index (χ3n) is 3.66. The zero-order valence-corrected chi connectivity index (χ0v) is 11.8. The van der Waals surface area contributed by atoms with Gasteiger partial charge in [-0.1, -0.05) is 13.8 Å². The highest BCUT2D eigenvalue weighted by Gasteiger charge is 2.31. The predicted octanol–water partition coefficient (Wildman–Crippen LogP) is 4.01. The van der Waals surface area contributed by atoms with Crippen LogP contribution in [0.1, 0.15) is 44.5 Å². The number of imidazole rings is 1. The average Bonchev–Trinajstić information content (AvgIpc) is 3.18. The fourth-order valence-corrected chi connectivity index (χ4v) is 2.49. The second kappa shape index (κ2) is 4.79. The minimum atomic E-state index is -1.48. The summed E-state index contributed by atoms with van der Waals surface area (Å²) < 4.78 is 41.8. The molecule has 1 saturated carbocycles. The van der Waals surface area contributed by atoms with Crippen molar-refractivity contribution in [1.29, 1.82) is 0 Å². The first-order chi connectivity index (χ1) is 9.90. The molecule has 21 heavy (non-hydrogen) atoms. The molecule has 1 aromatic carbocycles. The van der Waals surface area contributed by atoms with Gasteiger partial charge in [0, 0.05) is 17.5 Å². The molecule has 6 heteroatoms. The maximum absolute atomic E-state index is 13.4. The molecule has 1 heterocycles. The van der Waals surface area contributed by atoms with Gasteiger partial charge in [-0.3, -0.25) is 0 Å². The van der Waals surface area contributed by atoms with Gasteiger partial charge in [-0.2, -0.15) is 0 Å². The Morgan fingerprint density at radius 2 is 1.76 bits per heavy atom. The number of nitrogens with zero attached hydrogens (tertiary/aromatic N) is 2. The summed E-state index contributed by atoms with van der Waals surface area (Å²) in [6.45, 7) is 3.96. The highest BCUT2D eigenvalue weighted by molar-refractivity contribution is 5.71. The molecule has 3 nitrogen and oxygen atoms in total. The molecule has 0 unspecified atom stereocenters. The van der Waals surface area contributed by atoms with Crippen LogP contribution in [0.3, 0.4) is 0 Å². The molecule has 0 atom stereocenters. The predicted molar refractivity (Wildman–Crippen MR) is 74.3 cm³/mol. The summed E-state index contributed by atoms with van der Waals surface area (Å²) in [5.74, 6) is -2.66. The van der Waals surface area contributed by atoms with Gasteiger partial charge >= 0.3 is 0 Å². The van der Waals surface area contributed by atoms with E-state index in [9.17, 15) is 13.2 Å². The van der Waals surface area contributed by atoms with Crippen molar-refractivity contribution in [1.82, 2.24) is 9.55 Å².